The summed E-state index contributed by atoms with van der Waals surface area (Å²) < 4.78 is 13.3. The van der Waals surface area contributed by atoms with E-state index in [1.165, 1.54) is 6.07 Å². The fraction of sp³-hybridized carbons (Fsp3) is 0.455. The number of halogens is 1. The van der Waals surface area contributed by atoms with Gasteiger partial charge in [-0.05, 0) is 37.0 Å². The monoisotopic (exact) mass is 210 g/mol. The lowest BCUT2D eigenvalue weighted by Crippen LogP contribution is -2.33. The second-order valence-electron chi connectivity index (χ2n) is 4.11. The molecule has 0 spiro atoms. The van der Waals surface area contributed by atoms with Gasteiger partial charge in [0.2, 0.25) is 0 Å². The molecule has 1 aromatic rings. The molecule has 0 saturated heterocycles. The lowest BCUT2D eigenvalue weighted by Gasteiger charge is -2.31. The Kier molecular flexibility index (Phi) is 2.77. The molecule has 0 atom stereocenters. The summed E-state index contributed by atoms with van der Waals surface area (Å²) in [7, 11) is 0. The van der Waals surface area contributed by atoms with Crippen molar-refractivity contribution in [3.63, 3.8) is 0 Å². The van der Waals surface area contributed by atoms with Crippen molar-refractivity contribution in [2.24, 2.45) is 5.92 Å². The van der Waals surface area contributed by atoms with Crippen LogP contribution >= 0.6 is 0 Å². The highest BCUT2D eigenvalue weighted by molar-refractivity contribution is 5.52. The Bertz CT molecular complexity index is 350. The van der Waals surface area contributed by atoms with E-state index in [2.05, 4.69) is 5.32 Å². The Morgan fingerprint density at radius 2 is 2.20 bits per heavy atom. The predicted molar refractivity (Wildman–Crippen MR) is 58.0 cm³/mol. The van der Waals surface area contributed by atoms with E-state index in [4.69, 9.17) is 10.8 Å². The molecule has 1 aliphatic carbocycles. The van der Waals surface area contributed by atoms with Crippen LogP contribution in [-0.2, 0) is 0 Å². The predicted octanol–water partition coefficient (Wildman–Crippen LogP) is 1.59. The number of aliphatic hydroxyl groups excluding tert-OH is 1. The molecule has 4 N–H and O–H groups in total. The van der Waals surface area contributed by atoms with Crippen molar-refractivity contribution in [3.8, 4) is 0 Å². The quantitative estimate of drug-likeness (QED) is 0.664. The zero-order chi connectivity index (χ0) is 10.8. The van der Waals surface area contributed by atoms with Gasteiger partial charge in [-0.1, -0.05) is 0 Å². The molecule has 1 aromatic carbocycles. The zero-order valence-electron chi connectivity index (χ0n) is 8.41. The molecule has 0 aliphatic heterocycles. The molecule has 0 radical (unpaired) electrons. The van der Waals surface area contributed by atoms with Gasteiger partial charge in [0, 0.05) is 12.2 Å². The molecule has 1 saturated carbocycles. The summed E-state index contributed by atoms with van der Waals surface area (Å²) >= 11 is 0. The first-order valence-corrected chi connectivity index (χ1v) is 5.12. The number of rotatable bonds is 3. The van der Waals surface area contributed by atoms with Crippen LogP contribution in [0.2, 0.25) is 0 Å². The molecule has 4 heteroatoms. The van der Waals surface area contributed by atoms with Gasteiger partial charge in [0.25, 0.3) is 0 Å². The maximum atomic E-state index is 13.3. The summed E-state index contributed by atoms with van der Waals surface area (Å²) in [5, 5.41) is 12.1. The van der Waals surface area contributed by atoms with E-state index < -0.39 is 0 Å². The van der Waals surface area contributed by atoms with Crippen LogP contribution in [0.4, 0.5) is 15.8 Å². The highest BCUT2D eigenvalue weighted by atomic mass is 19.1. The summed E-state index contributed by atoms with van der Waals surface area (Å²) in [5.74, 6) is 0.131. The SMILES string of the molecule is Nc1ccc(NCC2CC(O)C2)c(F)c1. The van der Waals surface area contributed by atoms with Crippen LogP contribution in [0, 0.1) is 11.7 Å². The fourth-order valence-corrected chi connectivity index (χ4v) is 1.80. The molecular weight excluding hydrogens is 195 g/mol. The maximum absolute atomic E-state index is 13.3. The lowest BCUT2D eigenvalue weighted by molar-refractivity contribution is 0.0486. The van der Waals surface area contributed by atoms with E-state index in [-0.39, 0.29) is 11.9 Å². The first kappa shape index (κ1) is 10.2. The molecule has 3 nitrogen and oxygen atoms in total. The Hall–Kier alpha value is -1.29. The first-order chi connectivity index (χ1) is 7.15. The van der Waals surface area contributed by atoms with Crippen molar-refractivity contribution >= 4 is 11.4 Å². The number of hydrogen-bond acceptors (Lipinski definition) is 3. The number of nitrogen functional groups attached to an aromatic ring is 1. The molecule has 0 unspecified atom stereocenters. The van der Waals surface area contributed by atoms with Crippen LogP contribution in [0.5, 0.6) is 0 Å². The van der Waals surface area contributed by atoms with Gasteiger partial charge in [-0.15, -0.1) is 0 Å². The highest BCUT2D eigenvalue weighted by Crippen LogP contribution is 2.27. The van der Waals surface area contributed by atoms with Crippen LogP contribution in [0.1, 0.15) is 12.8 Å². The van der Waals surface area contributed by atoms with Crippen LogP contribution in [-0.4, -0.2) is 17.8 Å². The van der Waals surface area contributed by atoms with Gasteiger partial charge in [-0.3, -0.25) is 0 Å². The van der Waals surface area contributed by atoms with Gasteiger partial charge >= 0.3 is 0 Å². The van der Waals surface area contributed by atoms with Gasteiger partial charge in [-0.25, -0.2) is 4.39 Å². The average Bonchev–Trinajstić information content (AvgIpc) is 2.13. The average molecular weight is 210 g/mol. The summed E-state index contributed by atoms with van der Waals surface area (Å²) in [6, 6.07) is 4.61. The number of nitrogens with two attached hydrogens (primary N) is 1. The van der Waals surface area contributed by atoms with Crippen LogP contribution < -0.4 is 11.1 Å². The third-order valence-corrected chi connectivity index (χ3v) is 2.79. The molecule has 1 fully saturated rings. The smallest absolute Gasteiger partial charge is 0.148 e. The number of nitrogens with one attached hydrogen (secondary N) is 1. The van der Waals surface area contributed by atoms with E-state index in [0.717, 1.165) is 12.8 Å². The van der Waals surface area contributed by atoms with Crippen molar-refractivity contribution in [1.29, 1.82) is 0 Å². The zero-order valence-corrected chi connectivity index (χ0v) is 8.41. The normalized spacial score (nSPS) is 24.7. The second-order valence-corrected chi connectivity index (χ2v) is 4.11. The maximum Gasteiger partial charge on any atom is 0.148 e. The third kappa shape index (κ3) is 2.39. The van der Waals surface area contributed by atoms with E-state index in [0.29, 0.717) is 23.8 Å². The third-order valence-electron chi connectivity index (χ3n) is 2.79. The van der Waals surface area contributed by atoms with Gasteiger partial charge in [0.15, 0.2) is 0 Å². The first-order valence-electron chi connectivity index (χ1n) is 5.12. The molecule has 0 heterocycles. The Labute approximate surface area is 88.1 Å². The molecule has 15 heavy (non-hydrogen) atoms. The molecule has 82 valence electrons. The van der Waals surface area contributed by atoms with Crippen LogP contribution in [0.25, 0.3) is 0 Å². The molecule has 0 amide bonds. The van der Waals surface area contributed by atoms with Crippen molar-refractivity contribution < 1.29 is 9.50 Å². The van der Waals surface area contributed by atoms with E-state index >= 15 is 0 Å². The molecule has 1 aliphatic rings. The number of anilines is 2. The minimum Gasteiger partial charge on any atom is -0.399 e. The Morgan fingerprint density at radius 3 is 2.80 bits per heavy atom. The van der Waals surface area contributed by atoms with E-state index in [1.54, 1.807) is 12.1 Å². The van der Waals surface area contributed by atoms with Crippen molar-refractivity contribution in [3.05, 3.63) is 24.0 Å². The number of aliphatic hydroxyl groups is 1. The number of hydrogen-bond donors (Lipinski definition) is 3. The standard InChI is InChI=1S/C11H15FN2O/c12-10-5-8(13)1-2-11(10)14-6-7-3-9(15)4-7/h1-2,5,7,9,14-15H,3-4,6,13H2. The van der Waals surface area contributed by atoms with E-state index in [1.807, 2.05) is 0 Å². The summed E-state index contributed by atoms with van der Waals surface area (Å²) in [6.07, 6.45) is 1.46. The number of benzene rings is 1. The minimum absolute atomic E-state index is 0.159. The topological polar surface area (TPSA) is 58.3 Å². The van der Waals surface area contributed by atoms with Gasteiger partial charge < -0.3 is 16.2 Å². The van der Waals surface area contributed by atoms with E-state index in [9.17, 15) is 4.39 Å². The van der Waals surface area contributed by atoms with Gasteiger partial charge in [0.1, 0.15) is 5.82 Å². The summed E-state index contributed by atoms with van der Waals surface area (Å²) in [4.78, 5) is 0. The molecule has 0 aromatic heterocycles. The van der Waals surface area contributed by atoms with Crippen molar-refractivity contribution in [1.82, 2.24) is 0 Å². The second kappa shape index (κ2) is 4.06. The Morgan fingerprint density at radius 1 is 1.47 bits per heavy atom. The molecule has 0 bridgehead atoms. The van der Waals surface area contributed by atoms with Gasteiger partial charge in [-0.2, -0.15) is 0 Å². The lowest BCUT2D eigenvalue weighted by atomic mass is 9.82. The fourth-order valence-electron chi connectivity index (χ4n) is 1.80. The van der Waals surface area contributed by atoms with Crippen molar-refractivity contribution in [2.75, 3.05) is 17.6 Å². The molecule has 2 rings (SSSR count). The van der Waals surface area contributed by atoms with Crippen LogP contribution in [0.15, 0.2) is 18.2 Å². The minimum atomic E-state index is -0.324. The van der Waals surface area contributed by atoms with Crippen molar-refractivity contribution in [2.45, 2.75) is 18.9 Å². The highest BCUT2D eigenvalue weighted by Gasteiger charge is 2.26. The van der Waals surface area contributed by atoms with Gasteiger partial charge in [0.05, 0.1) is 11.8 Å². The largest absolute Gasteiger partial charge is 0.399 e. The molecular formula is C11H15FN2O. The van der Waals surface area contributed by atoms with Crippen LogP contribution in [0.3, 0.4) is 0 Å². The summed E-state index contributed by atoms with van der Waals surface area (Å²) in [6.45, 7) is 0.706. The Balaban J connectivity index is 1.88. The summed E-state index contributed by atoms with van der Waals surface area (Å²) in [5.41, 5.74) is 6.34.